The van der Waals surface area contributed by atoms with Crippen molar-refractivity contribution >= 4 is 0 Å². The van der Waals surface area contributed by atoms with Gasteiger partial charge in [-0.25, -0.2) is 0 Å². The zero-order valence-corrected chi connectivity index (χ0v) is 11.1. The van der Waals surface area contributed by atoms with Crippen molar-refractivity contribution in [2.45, 2.75) is 71.0 Å². The van der Waals surface area contributed by atoms with Gasteiger partial charge in [0.2, 0.25) is 0 Å². The lowest BCUT2D eigenvalue weighted by Crippen LogP contribution is -2.47. The molecule has 1 atom stereocenters. The maximum absolute atomic E-state index is 3.63. The molecule has 0 radical (unpaired) electrons. The molecule has 90 valence electrons. The SMILES string of the molecule is CCCC(CNC(C)(C)C)N(C)C1CC1. The van der Waals surface area contributed by atoms with Gasteiger partial charge in [-0.3, -0.25) is 4.90 Å². The van der Waals surface area contributed by atoms with E-state index in [4.69, 9.17) is 0 Å². The van der Waals surface area contributed by atoms with E-state index in [0.29, 0.717) is 0 Å². The molecule has 1 fully saturated rings. The van der Waals surface area contributed by atoms with E-state index in [2.05, 4.69) is 45.0 Å². The number of nitrogens with one attached hydrogen (secondary N) is 1. The summed E-state index contributed by atoms with van der Waals surface area (Å²) in [4.78, 5) is 2.59. The van der Waals surface area contributed by atoms with Crippen LogP contribution in [0.5, 0.6) is 0 Å². The van der Waals surface area contributed by atoms with Crippen molar-refractivity contribution in [3.63, 3.8) is 0 Å². The van der Waals surface area contributed by atoms with Gasteiger partial charge in [0.15, 0.2) is 0 Å². The average molecular weight is 212 g/mol. The van der Waals surface area contributed by atoms with Gasteiger partial charge in [0, 0.05) is 24.2 Å². The normalized spacial score (nSPS) is 19.6. The van der Waals surface area contributed by atoms with Gasteiger partial charge in [0.25, 0.3) is 0 Å². The number of rotatable bonds is 6. The predicted molar refractivity (Wildman–Crippen MR) is 67.2 cm³/mol. The first-order valence-corrected chi connectivity index (χ1v) is 6.41. The van der Waals surface area contributed by atoms with E-state index in [0.717, 1.165) is 18.6 Å². The molecule has 1 N–H and O–H groups in total. The topological polar surface area (TPSA) is 15.3 Å². The van der Waals surface area contributed by atoms with Gasteiger partial charge in [0.1, 0.15) is 0 Å². The van der Waals surface area contributed by atoms with Crippen LogP contribution in [0.4, 0.5) is 0 Å². The number of likely N-dealkylation sites (N-methyl/N-ethyl adjacent to an activating group) is 1. The van der Waals surface area contributed by atoms with Gasteiger partial charge in [-0.1, -0.05) is 13.3 Å². The van der Waals surface area contributed by atoms with Crippen LogP contribution in [0.3, 0.4) is 0 Å². The Labute approximate surface area is 95.4 Å². The monoisotopic (exact) mass is 212 g/mol. The van der Waals surface area contributed by atoms with Crippen LogP contribution in [0.1, 0.15) is 53.4 Å². The Kier molecular flexibility index (Phi) is 4.60. The van der Waals surface area contributed by atoms with Crippen LogP contribution >= 0.6 is 0 Å². The molecule has 0 saturated heterocycles. The fraction of sp³-hybridized carbons (Fsp3) is 1.00. The minimum Gasteiger partial charge on any atom is -0.311 e. The van der Waals surface area contributed by atoms with Crippen LogP contribution in [0.15, 0.2) is 0 Å². The van der Waals surface area contributed by atoms with E-state index >= 15 is 0 Å². The molecule has 2 nitrogen and oxygen atoms in total. The molecule has 1 saturated carbocycles. The van der Waals surface area contributed by atoms with Crippen LogP contribution in [0, 0.1) is 0 Å². The number of hydrogen-bond acceptors (Lipinski definition) is 2. The van der Waals surface area contributed by atoms with E-state index in [-0.39, 0.29) is 5.54 Å². The summed E-state index contributed by atoms with van der Waals surface area (Å²) in [6.45, 7) is 10.1. The Morgan fingerprint density at radius 3 is 2.33 bits per heavy atom. The highest BCUT2D eigenvalue weighted by Crippen LogP contribution is 2.28. The lowest BCUT2D eigenvalue weighted by atomic mass is 10.1. The van der Waals surface area contributed by atoms with E-state index in [9.17, 15) is 0 Å². The molecule has 0 aromatic heterocycles. The van der Waals surface area contributed by atoms with Gasteiger partial charge < -0.3 is 5.32 Å². The van der Waals surface area contributed by atoms with E-state index < -0.39 is 0 Å². The molecule has 15 heavy (non-hydrogen) atoms. The molecule has 0 aliphatic heterocycles. The van der Waals surface area contributed by atoms with Gasteiger partial charge >= 0.3 is 0 Å². The van der Waals surface area contributed by atoms with E-state index in [1.807, 2.05) is 0 Å². The minimum atomic E-state index is 0.246. The number of hydrogen-bond donors (Lipinski definition) is 1. The molecule has 1 unspecified atom stereocenters. The zero-order chi connectivity index (χ0) is 11.5. The van der Waals surface area contributed by atoms with E-state index in [1.54, 1.807) is 0 Å². The summed E-state index contributed by atoms with van der Waals surface area (Å²) in [5, 5.41) is 3.63. The maximum atomic E-state index is 3.63. The fourth-order valence-electron chi connectivity index (χ4n) is 1.99. The van der Waals surface area contributed by atoms with Gasteiger partial charge in [-0.15, -0.1) is 0 Å². The first-order valence-electron chi connectivity index (χ1n) is 6.41. The Bertz CT molecular complexity index is 179. The quantitative estimate of drug-likeness (QED) is 0.728. The Hall–Kier alpha value is -0.0800. The molecule has 1 aliphatic carbocycles. The number of nitrogens with zero attached hydrogens (tertiary/aromatic N) is 1. The third-order valence-electron chi connectivity index (χ3n) is 3.19. The molecule has 1 aliphatic rings. The molecular formula is C13H28N2. The first kappa shape index (κ1) is 13.0. The molecule has 0 aromatic carbocycles. The lowest BCUT2D eigenvalue weighted by molar-refractivity contribution is 0.201. The summed E-state index contributed by atoms with van der Waals surface area (Å²) >= 11 is 0. The predicted octanol–water partition coefficient (Wildman–Crippen LogP) is 2.64. The van der Waals surface area contributed by atoms with Crippen LogP contribution in [0.25, 0.3) is 0 Å². The minimum absolute atomic E-state index is 0.246. The van der Waals surface area contributed by atoms with Crippen molar-refractivity contribution in [3.05, 3.63) is 0 Å². The van der Waals surface area contributed by atoms with Crippen molar-refractivity contribution in [3.8, 4) is 0 Å². The average Bonchev–Trinajstić information content (AvgIpc) is 2.92. The second-order valence-electron chi connectivity index (χ2n) is 5.97. The summed E-state index contributed by atoms with van der Waals surface area (Å²) in [6, 6.07) is 1.60. The fourth-order valence-corrected chi connectivity index (χ4v) is 1.99. The second-order valence-corrected chi connectivity index (χ2v) is 5.97. The van der Waals surface area contributed by atoms with Gasteiger partial charge in [-0.05, 0) is 47.1 Å². The van der Waals surface area contributed by atoms with Crippen molar-refractivity contribution in [2.75, 3.05) is 13.6 Å². The molecular weight excluding hydrogens is 184 g/mol. The molecule has 0 aromatic rings. The highest BCUT2D eigenvalue weighted by atomic mass is 15.2. The Morgan fingerprint density at radius 1 is 1.33 bits per heavy atom. The summed E-state index contributed by atoms with van der Waals surface area (Å²) in [5.74, 6) is 0. The summed E-state index contributed by atoms with van der Waals surface area (Å²) in [6.07, 6.45) is 5.42. The van der Waals surface area contributed by atoms with Gasteiger partial charge in [0.05, 0.1) is 0 Å². The van der Waals surface area contributed by atoms with Crippen LogP contribution in [0.2, 0.25) is 0 Å². The third-order valence-corrected chi connectivity index (χ3v) is 3.19. The maximum Gasteiger partial charge on any atom is 0.0220 e. The first-order chi connectivity index (χ1) is 6.94. The molecule has 0 bridgehead atoms. The Balaban J connectivity index is 2.35. The summed E-state index contributed by atoms with van der Waals surface area (Å²) in [5.41, 5.74) is 0.246. The smallest absolute Gasteiger partial charge is 0.0220 e. The highest BCUT2D eigenvalue weighted by molar-refractivity contribution is 4.88. The Morgan fingerprint density at radius 2 is 1.93 bits per heavy atom. The highest BCUT2D eigenvalue weighted by Gasteiger charge is 2.30. The van der Waals surface area contributed by atoms with Crippen molar-refractivity contribution < 1.29 is 0 Å². The molecule has 1 rings (SSSR count). The van der Waals surface area contributed by atoms with Crippen LogP contribution in [-0.2, 0) is 0 Å². The van der Waals surface area contributed by atoms with E-state index in [1.165, 1.54) is 25.7 Å². The standard InChI is InChI=1S/C13H28N2/c1-6-7-12(10-14-13(2,3)4)15(5)11-8-9-11/h11-12,14H,6-10H2,1-5H3. The van der Waals surface area contributed by atoms with Crippen molar-refractivity contribution in [1.29, 1.82) is 0 Å². The second kappa shape index (κ2) is 5.31. The van der Waals surface area contributed by atoms with Crippen LogP contribution in [-0.4, -0.2) is 36.1 Å². The van der Waals surface area contributed by atoms with Crippen molar-refractivity contribution in [1.82, 2.24) is 10.2 Å². The molecule has 0 amide bonds. The zero-order valence-electron chi connectivity index (χ0n) is 11.1. The largest absolute Gasteiger partial charge is 0.311 e. The van der Waals surface area contributed by atoms with Crippen LogP contribution < -0.4 is 5.32 Å². The summed E-state index contributed by atoms with van der Waals surface area (Å²) in [7, 11) is 2.29. The summed E-state index contributed by atoms with van der Waals surface area (Å²) < 4.78 is 0. The third kappa shape index (κ3) is 4.98. The lowest BCUT2D eigenvalue weighted by Gasteiger charge is -2.31. The molecule has 0 spiro atoms. The molecule has 0 heterocycles. The van der Waals surface area contributed by atoms with Gasteiger partial charge in [-0.2, -0.15) is 0 Å². The van der Waals surface area contributed by atoms with Crippen molar-refractivity contribution in [2.24, 2.45) is 0 Å². The molecule has 2 heteroatoms.